The van der Waals surface area contributed by atoms with E-state index in [0.717, 1.165) is 5.52 Å². The van der Waals surface area contributed by atoms with Gasteiger partial charge in [-0.05, 0) is 36.4 Å². The lowest BCUT2D eigenvalue weighted by Crippen LogP contribution is -1.94. The van der Waals surface area contributed by atoms with Crippen molar-refractivity contribution in [3.63, 3.8) is 0 Å². The molecular weight excluding hydrogens is 340 g/mol. The Kier molecular flexibility index (Phi) is 3.74. The molecule has 0 amide bonds. The third kappa shape index (κ3) is 2.47. The third-order valence-electron chi connectivity index (χ3n) is 3.85. The number of pyridine rings is 1. The second-order valence-corrected chi connectivity index (χ2v) is 5.70. The summed E-state index contributed by atoms with van der Waals surface area (Å²) in [5.41, 5.74) is 2.44. The summed E-state index contributed by atoms with van der Waals surface area (Å²) in [5.74, 6) is 1.03. The lowest BCUT2D eigenvalue weighted by Gasteiger charge is -2.04. The van der Waals surface area contributed by atoms with Crippen molar-refractivity contribution in [2.24, 2.45) is 0 Å². The van der Waals surface area contributed by atoms with Gasteiger partial charge in [-0.3, -0.25) is 4.98 Å². The molecule has 6 nitrogen and oxygen atoms in total. The van der Waals surface area contributed by atoms with Crippen LogP contribution in [0.3, 0.4) is 0 Å². The minimum Gasteiger partial charge on any atom is -0.506 e. The number of imidazole rings is 1. The Bertz CT molecular complexity index is 1080. The molecule has 4 aromatic rings. The maximum absolute atomic E-state index is 10.3. The molecule has 124 valence electrons. The van der Waals surface area contributed by atoms with Gasteiger partial charge in [0.1, 0.15) is 22.9 Å². The minimum absolute atomic E-state index is 0.0405. The number of phenols is 1. The lowest BCUT2D eigenvalue weighted by atomic mass is 10.2. The van der Waals surface area contributed by atoms with E-state index in [1.807, 2.05) is 18.2 Å². The first kappa shape index (κ1) is 15.4. The van der Waals surface area contributed by atoms with Gasteiger partial charge in [0.05, 0.1) is 23.2 Å². The third-order valence-corrected chi connectivity index (χ3v) is 4.16. The average molecular weight is 353 g/mol. The van der Waals surface area contributed by atoms with Crippen molar-refractivity contribution in [1.29, 1.82) is 0 Å². The molecule has 25 heavy (non-hydrogen) atoms. The van der Waals surface area contributed by atoms with Crippen LogP contribution in [0.5, 0.6) is 11.5 Å². The molecule has 0 aliphatic heterocycles. The van der Waals surface area contributed by atoms with Crippen molar-refractivity contribution < 1.29 is 9.84 Å². The molecule has 3 heterocycles. The highest BCUT2D eigenvalue weighted by Gasteiger charge is 2.21. The molecular formula is C18H13ClN4O2. The number of ether oxygens (including phenoxy) is 1. The fourth-order valence-corrected chi connectivity index (χ4v) is 2.88. The maximum atomic E-state index is 10.3. The Labute approximate surface area is 148 Å². The van der Waals surface area contributed by atoms with Gasteiger partial charge in [-0.2, -0.15) is 5.10 Å². The second kappa shape index (κ2) is 6.07. The monoisotopic (exact) mass is 352 g/mol. The van der Waals surface area contributed by atoms with Gasteiger partial charge < -0.3 is 9.84 Å². The molecule has 0 saturated heterocycles. The first-order valence-electron chi connectivity index (χ1n) is 7.51. The number of para-hydroxylation sites is 1. The highest BCUT2D eigenvalue weighted by Crippen LogP contribution is 2.37. The number of phenolic OH excluding ortho intramolecular Hbond substituents is 1. The summed E-state index contributed by atoms with van der Waals surface area (Å²) in [6.45, 7) is 0. The average Bonchev–Trinajstić information content (AvgIpc) is 3.03. The highest BCUT2D eigenvalue weighted by molar-refractivity contribution is 6.32. The molecule has 0 aliphatic rings. The smallest absolute Gasteiger partial charge is 0.165 e. The standard InChI is InChI=1S/C18H13ClN4O2/c1-25-14-8-4-9-20-16(14)15-13-7-3-10-21-23(13)18(22-15)11-5-2-6-12(19)17(11)24/h2-10,24H,1H3. The molecule has 0 radical (unpaired) electrons. The molecule has 0 saturated carbocycles. The molecule has 0 fully saturated rings. The van der Waals surface area contributed by atoms with Gasteiger partial charge in [0.2, 0.25) is 0 Å². The van der Waals surface area contributed by atoms with E-state index in [2.05, 4.69) is 15.1 Å². The van der Waals surface area contributed by atoms with Crippen molar-refractivity contribution in [3.05, 3.63) is 59.9 Å². The number of rotatable bonds is 3. The van der Waals surface area contributed by atoms with Gasteiger partial charge >= 0.3 is 0 Å². The van der Waals surface area contributed by atoms with Crippen LogP contribution >= 0.6 is 11.6 Å². The molecule has 3 aromatic heterocycles. The number of benzene rings is 1. The van der Waals surface area contributed by atoms with Crippen LogP contribution in [-0.4, -0.2) is 31.8 Å². The van der Waals surface area contributed by atoms with Gasteiger partial charge in [-0.15, -0.1) is 0 Å². The zero-order valence-electron chi connectivity index (χ0n) is 13.2. The van der Waals surface area contributed by atoms with Crippen LogP contribution in [0.15, 0.2) is 54.9 Å². The molecule has 1 N–H and O–H groups in total. The maximum Gasteiger partial charge on any atom is 0.165 e. The van der Waals surface area contributed by atoms with E-state index >= 15 is 0 Å². The van der Waals surface area contributed by atoms with Gasteiger partial charge in [-0.1, -0.05) is 17.7 Å². The predicted molar refractivity (Wildman–Crippen MR) is 94.9 cm³/mol. The van der Waals surface area contributed by atoms with E-state index in [-0.39, 0.29) is 10.8 Å². The fourth-order valence-electron chi connectivity index (χ4n) is 2.71. The molecule has 4 rings (SSSR count). The SMILES string of the molecule is COc1cccnc1-c1nc(-c2cccc(Cl)c2O)n2ncccc12. The molecule has 7 heteroatoms. The zero-order chi connectivity index (χ0) is 17.4. The molecule has 0 aliphatic carbocycles. The summed E-state index contributed by atoms with van der Waals surface area (Å²) < 4.78 is 7.05. The number of nitrogens with zero attached hydrogens (tertiary/aromatic N) is 4. The van der Waals surface area contributed by atoms with E-state index in [1.54, 1.807) is 48.3 Å². The van der Waals surface area contributed by atoms with Crippen LogP contribution in [0.25, 0.3) is 28.3 Å². The van der Waals surface area contributed by atoms with E-state index in [1.165, 1.54) is 0 Å². The number of hydrogen-bond acceptors (Lipinski definition) is 5. The number of aromatic hydroxyl groups is 1. The summed E-state index contributed by atoms with van der Waals surface area (Å²) in [7, 11) is 1.58. The Morgan fingerprint density at radius 3 is 2.72 bits per heavy atom. The van der Waals surface area contributed by atoms with Crippen LogP contribution in [0, 0.1) is 0 Å². The van der Waals surface area contributed by atoms with Gasteiger partial charge in [0, 0.05) is 12.4 Å². The summed E-state index contributed by atoms with van der Waals surface area (Å²) in [4.78, 5) is 9.08. The number of aromatic nitrogens is 4. The van der Waals surface area contributed by atoms with Crippen LogP contribution in [-0.2, 0) is 0 Å². The van der Waals surface area contributed by atoms with Crippen molar-refractivity contribution in [1.82, 2.24) is 19.6 Å². The zero-order valence-corrected chi connectivity index (χ0v) is 14.0. The topological polar surface area (TPSA) is 72.5 Å². The van der Waals surface area contributed by atoms with Crippen molar-refractivity contribution in [2.45, 2.75) is 0 Å². The van der Waals surface area contributed by atoms with E-state index in [0.29, 0.717) is 28.5 Å². The second-order valence-electron chi connectivity index (χ2n) is 5.29. The molecule has 0 unspecified atom stereocenters. The summed E-state index contributed by atoms with van der Waals surface area (Å²) >= 11 is 6.05. The first-order chi connectivity index (χ1) is 12.2. The van der Waals surface area contributed by atoms with Gasteiger partial charge in [-0.25, -0.2) is 9.50 Å². The molecule has 1 aromatic carbocycles. The quantitative estimate of drug-likeness (QED) is 0.606. The van der Waals surface area contributed by atoms with E-state index in [9.17, 15) is 5.11 Å². The minimum atomic E-state index is -0.0405. The van der Waals surface area contributed by atoms with Crippen LogP contribution in [0.4, 0.5) is 0 Å². The summed E-state index contributed by atoms with van der Waals surface area (Å²) in [6, 6.07) is 12.4. The fraction of sp³-hybridized carbons (Fsp3) is 0.0556. The Morgan fingerprint density at radius 2 is 1.88 bits per heavy atom. The largest absolute Gasteiger partial charge is 0.506 e. The van der Waals surface area contributed by atoms with Crippen molar-refractivity contribution >= 4 is 17.1 Å². The van der Waals surface area contributed by atoms with Crippen LogP contribution in [0.1, 0.15) is 0 Å². The number of fused-ring (bicyclic) bond motifs is 1. The molecule has 0 atom stereocenters. The van der Waals surface area contributed by atoms with E-state index in [4.69, 9.17) is 16.3 Å². The van der Waals surface area contributed by atoms with Gasteiger partial charge in [0.15, 0.2) is 5.82 Å². The van der Waals surface area contributed by atoms with Gasteiger partial charge in [0.25, 0.3) is 0 Å². The first-order valence-corrected chi connectivity index (χ1v) is 7.89. The molecule has 0 bridgehead atoms. The molecule has 0 spiro atoms. The Hall–Kier alpha value is -3.12. The summed E-state index contributed by atoms with van der Waals surface area (Å²) in [5, 5.41) is 15.0. The highest BCUT2D eigenvalue weighted by atomic mass is 35.5. The lowest BCUT2D eigenvalue weighted by molar-refractivity contribution is 0.414. The number of halogens is 1. The van der Waals surface area contributed by atoms with Crippen molar-refractivity contribution in [3.8, 4) is 34.3 Å². The predicted octanol–water partition coefficient (Wildman–Crippen LogP) is 3.83. The summed E-state index contributed by atoms with van der Waals surface area (Å²) in [6.07, 6.45) is 3.33. The van der Waals surface area contributed by atoms with Crippen LogP contribution in [0.2, 0.25) is 5.02 Å². The Balaban J connectivity index is 2.04. The number of methoxy groups -OCH3 is 1. The van der Waals surface area contributed by atoms with Crippen LogP contribution < -0.4 is 4.74 Å². The Morgan fingerprint density at radius 1 is 1.04 bits per heavy atom. The van der Waals surface area contributed by atoms with E-state index < -0.39 is 0 Å². The number of hydrogen-bond donors (Lipinski definition) is 1. The normalized spacial score (nSPS) is 11.0. The van der Waals surface area contributed by atoms with Crippen molar-refractivity contribution in [2.75, 3.05) is 7.11 Å².